The largest absolute Gasteiger partial charge is 0.327 e. The van der Waals surface area contributed by atoms with Gasteiger partial charge in [-0.05, 0) is 25.0 Å². The summed E-state index contributed by atoms with van der Waals surface area (Å²) in [6.07, 6.45) is 0.0844. The molecule has 0 aromatic heterocycles. The van der Waals surface area contributed by atoms with Gasteiger partial charge in [-0.15, -0.1) is 0 Å². The molecule has 1 rings (SSSR count). The minimum atomic E-state index is -1.23. The van der Waals surface area contributed by atoms with Gasteiger partial charge >= 0.3 is 0 Å². The first-order valence-corrected chi connectivity index (χ1v) is 4.78. The van der Waals surface area contributed by atoms with E-state index < -0.39 is 23.5 Å². The second kappa shape index (κ2) is 5.12. The Morgan fingerprint density at radius 3 is 2.38 bits per heavy atom. The van der Waals surface area contributed by atoms with Gasteiger partial charge in [0.05, 0.1) is 0 Å². The van der Waals surface area contributed by atoms with Crippen molar-refractivity contribution in [3.8, 4) is 0 Å². The molecule has 1 aromatic carbocycles. The predicted octanol–water partition coefficient (Wildman–Crippen LogP) is 1.95. The first kappa shape index (κ1) is 12.7. The molecule has 16 heavy (non-hydrogen) atoms. The molecule has 1 atom stereocenters. The molecule has 0 bridgehead atoms. The minimum absolute atomic E-state index is 0.00259. The highest BCUT2D eigenvalue weighted by atomic mass is 19.2. The Morgan fingerprint density at radius 2 is 1.81 bits per heavy atom. The smallest absolute Gasteiger partial charge is 0.161 e. The van der Waals surface area contributed by atoms with Gasteiger partial charge in [-0.25, -0.2) is 13.2 Å². The highest BCUT2D eigenvalue weighted by molar-refractivity contribution is 5.76. The summed E-state index contributed by atoms with van der Waals surface area (Å²) in [5, 5.41) is 0. The number of hydrogen-bond acceptors (Lipinski definition) is 2. The zero-order chi connectivity index (χ0) is 12.3. The third-order valence-corrected chi connectivity index (χ3v) is 2.12. The summed E-state index contributed by atoms with van der Waals surface area (Å²) >= 11 is 0. The summed E-state index contributed by atoms with van der Waals surface area (Å²) in [4.78, 5) is 10.7. The normalized spacial score (nSPS) is 12.6. The summed E-state index contributed by atoms with van der Waals surface area (Å²) in [7, 11) is 0. The maximum Gasteiger partial charge on any atom is 0.161 e. The molecule has 0 spiro atoms. The van der Waals surface area contributed by atoms with Crippen LogP contribution in [0.5, 0.6) is 0 Å². The lowest BCUT2D eigenvalue weighted by molar-refractivity contribution is -0.117. The zero-order valence-corrected chi connectivity index (χ0v) is 8.77. The number of nitrogens with two attached hydrogens (primary N) is 1. The first-order chi connectivity index (χ1) is 7.40. The van der Waals surface area contributed by atoms with E-state index in [1.807, 2.05) is 0 Å². The molecule has 0 heterocycles. The Bertz CT molecular complexity index is 406. The van der Waals surface area contributed by atoms with Crippen molar-refractivity contribution in [1.29, 1.82) is 0 Å². The molecule has 88 valence electrons. The predicted molar refractivity (Wildman–Crippen MR) is 53.3 cm³/mol. The molecule has 1 aromatic rings. The van der Waals surface area contributed by atoms with Crippen molar-refractivity contribution in [1.82, 2.24) is 0 Å². The molecule has 0 radical (unpaired) electrons. The van der Waals surface area contributed by atoms with Crippen molar-refractivity contribution in [2.75, 3.05) is 0 Å². The molecule has 0 aliphatic rings. The van der Waals surface area contributed by atoms with E-state index in [4.69, 9.17) is 5.73 Å². The van der Waals surface area contributed by atoms with Crippen LogP contribution in [0.25, 0.3) is 0 Å². The van der Waals surface area contributed by atoms with Gasteiger partial charge < -0.3 is 5.73 Å². The van der Waals surface area contributed by atoms with Gasteiger partial charge in [-0.2, -0.15) is 0 Å². The van der Waals surface area contributed by atoms with Crippen molar-refractivity contribution in [3.63, 3.8) is 0 Å². The summed E-state index contributed by atoms with van der Waals surface area (Å²) in [6.45, 7) is 1.36. The number of Topliss-reactive ketones (excluding diaryl/α,β-unsaturated/α-hetero) is 1. The van der Waals surface area contributed by atoms with Gasteiger partial charge in [0.25, 0.3) is 0 Å². The van der Waals surface area contributed by atoms with Crippen LogP contribution in [0.2, 0.25) is 0 Å². The standard InChI is InChI=1S/C11H12F3NO/c1-6(16)2-8(15)3-7-4-10(13)11(14)5-9(7)12/h4-5,8H,2-3,15H2,1H3/t8-/m1/s1. The van der Waals surface area contributed by atoms with Crippen LogP contribution in [0.4, 0.5) is 13.2 Å². The SMILES string of the molecule is CC(=O)C[C@@H](N)Cc1cc(F)c(F)cc1F. The van der Waals surface area contributed by atoms with E-state index in [2.05, 4.69) is 0 Å². The van der Waals surface area contributed by atoms with E-state index in [1.54, 1.807) is 0 Å². The average Bonchev–Trinajstić information content (AvgIpc) is 2.12. The van der Waals surface area contributed by atoms with Crippen LogP contribution in [0.3, 0.4) is 0 Å². The van der Waals surface area contributed by atoms with Crippen molar-refractivity contribution in [2.45, 2.75) is 25.8 Å². The number of hydrogen-bond donors (Lipinski definition) is 1. The summed E-state index contributed by atoms with van der Waals surface area (Å²) < 4.78 is 38.6. The van der Waals surface area contributed by atoms with E-state index in [-0.39, 0.29) is 24.2 Å². The van der Waals surface area contributed by atoms with Crippen LogP contribution >= 0.6 is 0 Å². The number of carbonyl (C=O) groups excluding carboxylic acids is 1. The van der Waals surface area contributed by atoms with Crippen molar-refractivity contribution >= 4 is 5.78 Å². The van der Waals surface area contributed by atoms with Gasteiger partial charge in [0, 0.05) is 18.5 Å². The highest BCUT2D eigenvalue weighted by Gasteiger charge is 2.13. The molecule has 2 N–H and O–H groups in total. The average molecular weight is 231 g/mol. The molecule has 0 fully saturated rings. The Balaban J connectivity index is 2.81. The van der Waals surface area contributed by atoms with Crippen molar-refractivity contribution in [2.24, 2.45) is 5.73 Å². The van der Waals surface area contributed by atoms with Crippen molar-refractivity contribution in [3.05, 3.63) is 35.1 Å². The van der Waals surface area contributed by atoms with Gasteiger partial charge in [0.15, 0.2) is 11.6 Å². The third-order valence-electron chi connectivity index (χ3n) is 2.12. The molecule has 0 aliphatic carbocycles. The maximum absolute atomic E-state index is 13.2. The summed E-state index contributed by atoms with van der Waals surface area (Å²) in [6, 6.07) is 0.660. The number of ketones is 1. The van der Waals surface area contributed by atoms with E-state index >= 15 is 0 Å². The number of benzene rings is 1. The van der Waals surface area contributed by atoms with Gasteiger partial charge in [0.1, 0.15) is 11.6 Å². The second-order valence-corrected chi connectivity index (χ2v) is 3.73. The van der Waals surface area contributed by atoms with E-state index in [0.29, 0.717) is 6.07 Å². The fourth-order valence-corrected chi connectivity index (χ4v) is 1.44. The van der Waals surface area contributed by atoms with Gasteiger partial charge in [-0.1, -0.05) is 0 Å². The molecule has 2 nitrogen and oxygen atoms in total. The van der Waals surface area contributed by atoms with Gasteiger partial charge in [0.2, 0.25) is 0 Å². The van der Waals surface area contributed by atoms with Crippen LogP contribution < -0.4 is 5.73 Å². The van der Waals surface area contributed by atoms with Gasteiger partial charge in [-0.3, -0.25) is 4.79 Å². The monoisotopic (exact) mass is 231 g/mol. The Hall–Kier alpha value is -1.36. The first-order valence-electron chi connectivity index (χ1n) is 4.78. The lowest BCUT2D eigenvalue weighted by Gasteiger charge is -2.10. The van der Waals surface area contributed by atoms with Crippen LogP contribution in [-0.2, 0) is 11.2 Å². The number of halogens is 3. The molecule has 5 heteroatoms. The van der Waals surface area contributed by atoms with Crippen LogP contribution in [0, 0.1) is 17.5 Å². The zero-order valence-electron chi connectivity index (χ0n) is 8.77. The minimum Gasteiger partial charge on any atom is -0.327 e. The third kappa shape index (κ3) is 3.34. The topological polar surface area (TPSA) is 43.1 Å². The fraction of sp³-hybridized carbons (Fsp3) is 0.364. The number of carbonyl (C=O) groups is 1. The van der Waals surface area contributed by atoms with E-state index in [0.717, 1.165) is 6.07 Å². The summed E-state index contributed by atoms with van der Waals surface area (Å²) in [5.74, 6) is -3.33. The number of rotatable bonds is 4. The molecule has 0 saturated carbocycles. The Labute approximate surface area is 91.3 Å². The van der Waals surface area contributed by atoms with Crippen LogP contribution in [0.1, 0.15) is 18.9 Å². The molecular weight excluding hydrogens is 219 g/mol. The molecule has 0 aliphatic heterocycles. The Morgan fingerprint density at radius 1 is 1.25 bits per heavy atom. The van der Waals surface area contributed by atoms with Crippen LogP contribution in [-0.4, -0.2) is 11.8 Å². The fourth-order valence-electron chi connectivity index (χ4n) is 1.44. The highest BCUT2D eigenvalue weighted by Crippen LogP contribution is 2.15. The molecule has 0 unspecified atom stereocenters. The lowest BCUT2D eigenvalue weighted by atomic mass is 10.0. The molecular formula is C11H12F3NO. The van der Waals surface area contributed by atoms with E-state index in [1.165, 1.54) is 6.92 Å². The second-order valence-electron chi connectivity index (χ2n) is 3.73. The van der Waals surface area contributed by atoms with Crippen LogP contribution in [0.15, 0.2) is 12.1 Å². The quantitative estimate of drug-likeness (QED) is 0.805. The summed E-state index contributed by atoms with van der Waals surface area (Å²) in [5.41, 5.74) is 5.54. The Kier molecular flexibility index (Phi) is 4.06. The molecule has 0 saturated heterocycles. The lowest BCUT2D eigenvalue weighted by Crippen LogP contribution is -2.26. The van der Waals surface area contributed by atoms with E-state index in [9.17, 15) is 18.0 Å². The maximum atomic E-state index is 13.2. The molecule has 0 amide bonds. The van der Waals surface area contributed by atoms with Crippen molar-refractivity contribution < 1.29 is 18.0 Å².